The van der Waals surface area contributed by atoms with Crippen molar-refractivity contribution in [2.24, 2.45) is 0 Å². The number of hydrogen-bond donors (Lipinski definition) is 3. The Balaban J connectivity index is 2.46. The zero-order valence-electron chi connectivity index (χ0n) is 11.2. The molecule has 1 aliphatic carbocycles. The summed E-state index contributed by atoms with van der Waals surface area (Å²) in [4.78, 5) is 23.2. The number of aliphatic hydroxyl groups is 1. The quantitative estimate of drug-likeness (QED) is 0.567. The van der Waals surface area contributed by atoms with Gasteiger partial charge in [0.15, 0.2) is 6.10 Å². The Hall–Kier alpha value is -1.56. The summed E-state index contributed by atoms with van der Waals surface area (Å²) in [5.74, 6) is -0.440. The van der Waals surface area contributed by atoms with E-state index in [1.54, 1.807) is 0 Å². The SMILES string of the molecule is C=CCOC(=O)N[C@@H](CCC)C(O)C(=O)NC1CC1. The topological polar surface area (TPSA) is 87.7 Å². The molecule has 1 fully saturated rings. The largest absolute Gasteiger partial charge is 0.445 e. The van der Waals surface area contributed by atoms with E-state index < -0.39 is 24.1 Å². The van der Waals surface area contributed by atoms with Crippen molar-refractivity contribution in [3.05, 3.63) is 12.7 Å². The number of carbonyl (C=O) groups is 2. The average Bonchev–Trinajstić information content (AvgIpc) is 3.18. The average molecular weight is 270 g/mol. The lowest BCUT2D eigenvalue weighted by Crippen LogP contribution is -2.51. The van der Waals surface area contributed by atoms with Crippen molar-refractivity contribution < 1.29 is 19.4 Å². The summed E-state index contributed by atoms with van der Waals surface area (Å²) in [6.45, 7) is 5.44. The van der Waals surface area contributed by atoms with E-state index >= 15 is 0 Å². The van der Waals surface area contributed by atoms with Crippen molar-refractivity contribution in [2.75, 3.05) is 6.61 Å². The first kappa shape index (κ1) is 15.5. The maximum Gasteiger partial charge on any atom is 0.407 e. The van der Waals surface area contributed by atoms with Crippen LogP contribution in [0.2, 0.25) is 0 Å². The summed E-state index contributed by atoms with van der Waals surface area (Å²) in [6, 6.07) is -0.460. The Labute approximate surface area is 113 Å². The fourth-order valence-electron chi connectivity index (χ4n) is 1.64. The number of aliphatic hydroxyl groups excluding tert-OH is 1. The first-order valence-corrected chi connectivity index (χ1v) is 6.61. The van der Waals surface area contributed by atoms with Gasteiger partial charge >= 0.3 is 6.09 Å². The number of alkyl carbamates (subject to hydrolysis) is 1. The number of nitrogens with one attached hydrogen (secondary N) is 2. The first-order chi connectivity index (χ1) is 9.08. The molecule has 6 nitrogen and oxygen atoms in total. The van der Waals surface area contributed by atoms with E-state index in [1.165, 1.54) is 6.08 Å². The molecular weight excluding hydrogens is 248 g/mol. The van der Waals surface area contributed by atoms with Gasteiger partial charge in [0.05, 0.1) is 6.04 Å². The fraction of sp³-hybridized carbons (Fsp3) is 0.692. The number of rotatable bonds is 8. The Bertz CT molecular complexity index is 329. The summed E-state index contributed by atoms with van der Waals surface area (Å²) >= 11 is 0. The maximum absolute atomic E-state index is 11.7. The minimum atomic E-state index is -1.25. The molecule has 1 aliphatic rings. The van der Waals surface area contributed by atoms with Gasteiger partial charge in [0.1, 0.15) is 6.61 Å². The van der Waals surface area contributed by atoms with Gasteiger partial charge in [-0.3, -0.25) is 4.79 Å². The molecule has 0 radical (unpaired) electrons. The second kappa shape index (κ2) is 7.78. The van der Waals surface area contributed by atoms with Crippen LogP contribution in [-0.2, 0) is 9.53 Å². The lowest BCUT2D eigenvalue weighted by molar-refractivity contribution is -0.130. The Morgan fingerprint density at radius 3 is 2.74 bits per heavy atom. The smallest absolute Gasteiger partial charge is 0.407 e. The van der Waals surface area contributed by atoms with E-state index in [9.17, 15) is 14.7 Å². The fourth-order valence-corrected chi connectivity index (χ4v) is 1.64. The highest BCUT2D eigenvalue weighted by Crippen LogP contribution is 2.19. The normalized spacial score (nSPS) is 17.2. The molecule has 0 aromatic heterocycles. The van der Waals surface area contributed by atoms with E-state index in [4.69, 9.17) is 4.74 Å². The minimum Gasteiger partial charge on any atom is -0.445 e. The molecule has 0 heterocycles. The second-order valence-corrected chi connectivity index (χ2v) is 4.65. The van der Waals surface area contributed by atoms with E-state index in [1.807, 2.05) is 6.92 Å². The van der Waals surface area contributed by atoms with Crippen LogP contribution in [-0.4, -0.2) is 41.9 Å². The molecule has 1 rings (SSSR count). The predicted molar refractivity (Wildman–Crippen MR) is 70.5 cm³/mol. The van der Waals surface area contributed by atoms with Crippen LogP contribution < -0.4 is 10.6 Å². The maximum atomic E-state index is 11.7. The van der Waals surface area contributed by atoms with Crippen molar-refractivity contribution in [3.8, 4) is 0 Å². The molecule has 0 spiro atoms. The highest BCUT2D eigenvalue weighted by atomic mass is 16.5. The molecule has 0 saturated heterocycles. The van der Waals surface area contributed by atoms with Crippen LogP contribution in [0.3, 0.4) is 0 Å². The molecule has 19 heavy (non-hydrogen) atoms. The van der Waals surface area contributed by atoms with Crippen molar-refractivity contribution in [3.63, 3.8) is 0 Å². The Morgan fingerprint density at radius 1 is 1.53 bits per heavy atom. The molecule has 0 bridgehead atoms. The number of amides is 2. The van der Waals surface area contributed by atoms with Crippen molar-refractivity contribution in [1.29, 1.82) is 0 Å². The highest BCUT2D eigenvalue weighted by molar-refractivity contribution is 5.82. The van der Waals surface area contributed by atoms with E-state index in [0.29, 0.717) is 6.42 Å². The van der Waals surface area contributed by atoms with Gasteiger partial charge in [-0.25, -0.2) is 4.79 Å². The van der Waals surface area contributed by atoms with Crippen molar-refractivity contribution in [1.82, 2.24) is 10.6 Å². The molecule has 2 atom stereocenters. The highest BCUT2D eigenvalue weighted by Gasteiger charge is 2.31. The van der Waals surface area contributed by atoms with Gasteiger partial charge in [0, 0.05) is 6.04 Å². The summed E-state index contributed by atoms with van der Waals surface area (Å²) in [7, 11) is 0. The van der Waals surface area contributed by atoms with Crippen LogP contribution in [0.1, 0.15) is 32.6 Å². The number of carbonyl (C=O) groups excluding carboxylic acids is 2. The summed E-state index contributed by atoms with van der Waals surface area (Å²) in [5, 5.41) is 15.2. The minimum absolute atomic E-state index is 0.0923. The van der Waals surface area contributed by atoms with Gasteiger partial charge in [0.25, 0.3) is 5.91 Å². The van der Waals surface area contributed by atoms with Gasteiger partial charge in [-0.05, 0) is 19.3 Å². The van der Waals surface area contributed by atoms with Gasteiger partial charge in [-0.1, -0.05) is 26.0 Å². The predicted octanol–water partition coefficient (Wildman–Crippen LogP) is 0.707. The molecule has 3 N–H and O–H groups in total. The molecule has 1 saturated carbocycles. The third-order valence-electron chi connectivity index (χ3n) is 2.81. The lowest BCUT2D eigenvalue weighted by atomic mass is 10.1. The van der Waals surface area contributed by atoms with Gasteiger partial charge in [-0.15, -0.1) is 0 Å². The number of ether oxygens (including phenoxy) is 1. The van der Waals surface area contributed by atoms with Crippen LogP contribution in [0.25, 0.3) is 0 Å². The third kappa shape index (κ3) is 5.74. The van der Waals surface area contributed by atoms with Crippen molar-refractivity contribution >= 4 is 12.0 Å². The monoisotopic (exact) mass is 270 g/mol. The molecule has 2 amide bonds. The van der Waals surface area contributed by atoms with Gasteiger partial charge in [0.2, 0.25) is 0 Å². The zero-order valence-corrected chi connectivity index (χ0v) is 11.2. The summed E-state index contributed by atoms with van der Waals surface area (Å²) in [6.07, 6.45) is 2.68. The lowest BCUT2D eigenvalue weighted by Gasteiger charge is -2.22. The molecule has 6 heteroatoms. The van der Waals surface area contributed by atoms with Crippen molar-refractivity contribution in [2.45, 2.75) is 50.8 Å². The third-order valence-corrected chi connectivity index (χ3v) is 2.81. The summed E-state index contributed by atoms with van der Waals surface area (Å²) < 4.78 is 4.78. The van der Waals surface area contributed by atoms with Crippen LogP contribution in [0.15, 0.2) is 12.7 Å². The molecular formula is C13H22N2O4. The molecule has 0 aliphatic heterocycles. The number of hydrogen-bond acceptors (Lipinski definition) is 4. The Morgan fingerprint density at radius 2 is 2.21 bits per heavy atom. The zero-order chi connectivity index (χ0) is 14.3. The van der Waals surface area contributed by atoms with Crippen LogP contribution in [0.4, 0.5) is 4.79 Å². The first-order valence-electron chi connectivity index (χ1n) is 6.61. The van der Waals surface area contributed by atoms with Gasteiger partial charge in [-0.2, -0.15) is 0 Å². The van der Waals surface area contributed by atoms with E-state index in [-0.39, 0.29) is 12.6 Å². The van der Waals surface area contributed by atoms with E-state index in [2.05, 4.69) is 17.2 Å². The van der Waals surface area contributed by atoms with Crippen LogP contribution >= 0.6 is 0 Å². The molecule has 108 valence electrons. The second-order valence-electron chi connectivity index (χ2n) is 4.65. The standard InChI is InChI=1S/C13H22N2O4/c1-3-5-10(15-13(18)19-8-4-2)11(16)12(17)14-9-6-7-9/h4,9-11,16H,2-3,5-8H2,1H3,(H,14,17)(H,15,18)/t10-,11?/m0/s1. The molecule has 0 aromatic carbocycles. The Kier molecular flexibility index (Phi) is 6.35. The van der Waals surface area contributed by atoms with Crippen LogP contribution in [0.5, 0.6) is 0 Å². The van der Waals surface area contributed by atoms with Gasteiger partial charge < -0.3 is 20.5 Å². The summed E-state index contributed by atoms with van der Waals surface area (Å²) in [5.41, 5.74) is 0. The molecule has 1 unspecified atom stereocenters. The molecule has 0 aromatic rings. The van der Waals surface area contributed by atoms with E-state index in [0.717, 1.165) is 19.3 Å². The van der Waals surface area contributed by atoms with Crippen LogP contribution in [0, 0.1) is 0 Å².